The molecule has 0 aromatic carbocycles. The first-order valence-electron chi connectivity index (χ1n) is 5.36. The summed E-state index contributed by atoms with van der Waals surface area (Å²) in [5.74, 6) is -0.960. The molecule has 0 unspecified atom stereocenters. The average Bonchev–Trinajstić information content (AvgIpc) is 2.76. The summed E-state index contributed by atoms with van der Waals surface area (Å²) < 4.78 is 0.734. The topological polar surface area (TPSA) is 79.2 Å². The molecule has 0 saturated carbocycles. The van der Waals surface area contributed by atoms with Gasteiger partial charge >= 0.3 is 5.97 Å². The van der Waals surface area contributed by atoms with Crippen LogP contribution in [0.3, 0.4) is 0 Å². The van der Waals surface area contributed by atoms with Crippen LogP contribution in [0.25, 0.3) is 0 Å². The van der Waals surface area contributed by atoms with Crippen molar-refractivity contribution < 1.29 is 9.90 Å². The predicted molar refractivity (Wildman–Crippen MR) is 74.3 cm³/mol. The lowest BCUT2D eigenvalue weighted by Gasteiger charge is -2.04. The number of pyridine rings is 1. The van der Waals surface area contributed by atoms with Crippen LogP contribution >= 0.6 is 23.1 Å². The van der Waals surface area contributed by atoms with E-state index in [9.17, 15) is 4.79 Å². The van der Waals surface area contributed by atoms with E-state index in [0.29, 0.717) is 10.7 Å². The van der Waals surface area contributed by atoms with E-state index in [4.69, 9.17) is 5.11 Å². The van der Waals surface area contributed by atoms with E-state index in [1.165, 1.54) is 35.2 Å². The average molecular weight is 296 g/mol. The Labute approximate surface area is 118 Å². The molecule has 100 valence electrons. The summed E-state index contributed by atoms with van der Waals surface area (Å²) in [6, 6.07) is 3.08. The second-order valence-corrected chi connectivity index (χ2v) is 6.21. The van der Waals surface area contributed by atoms with Gasteiger partial charge in [0.15, 0.2) is 4.34 Å². The second-order valence-electron chi connectivity index (χ2n) is 3.99. The summed E-state index contributed by atoms with van der Waals surface area (Å²) >= 11 is 2.75. The van der Waals surface area contributed by atoms with Crippen LogP contribution in [0, 0.1) is 6.92 Å². The summed E-state index contributed by atoms with van der Waals surface area (Å²) in [6.07, 6.45) is 0. The fourth-order valence-electron chi connectivity index (χ4n) is 1.33. The number of aromatic nitrogens is 3. The third-order valence-electron chi connectivity index (χ3n) is 2.15. The number of carboxylic acid groups (broad SMARTS) is 1. The quantitative estimate of drug-likeness (QED) is 0.926. The second kappa shape index (κ2) is 5.54. The van der Waals surface area contributed by atoms with E-state index in [1.807, 2.05) is 19.0 Å². The van der Waals surface area contributed by atoms with Gasteiger partial charge in [0.25, 0.3) is 0 Å². The molecule has 2 aromatic heterocycles. The Morgan fingerprint density at radius 3 is 2.68 bits per heavy atom. The van der Waals surface area contributed by atoms with Crippen LogP contribution in [0.5, 0.6) is 0 Å². The minimum absolute atomic E-state index is 0.229. The molecule has 2 heterocycles. The molecule has 1 N–H and O–H groups in total. The lowest BCUT2D eigenvalue weighted by Crippen LogP contribution is -2.07. The van der Waals surface area contributed by atoms with E-state index in [0.717, 1.165) is 9.47 Å². The van der Waals surface area contributed by atoms with Crippen molar-refractivity contribution in [1.29, 1.82) is 0 Å². The normalized spacial score (nSPS) is 10.5. The SMILES string of the molecule is Cc1cc(C(=O)O)cc(Sc2nnc(N(C)C)s2)n1. The molecular weight excluding hydrogens is 284 g/mol. The molecule has 0 aliphatic carbocycles. The number of aromatic carboxylic acids is 1. The van der Waals surface area contributed by atoms with Crippen LogP contribution in [-0.2, 0) is 0 Å². The zero-order valence-electron chi connectivity index (χ0n) is 10.6. The third-order valence-corrected chi connectivity index (χ3v) is 4.21. The van der Waals surface area contributed by atoms with E-state index in [1.54, 1.807) is 6.92 Å². The summed E-state index contributed by atoms with van der Waals surface area (Å²) in [4.78, 5) is 17.1. The van der Waals surface area contributed by atoms with Crippen LogP contribution in [-0.4, -0.2) is 40.4 Å². The molecule has 6 nitrogen and oxygen atoms in total. The smallest absolute Gasteiger partial charge is 0.335 e. The number of carboxylic acids is 1. The van der Waals surface area contributed by atoms with Crippen molar-refractivity contribution in [2.75, 3.05) is 19.0 Å². The van der Waals surface area contributed by atoms with Crippen molar-refractivity contribution >= 4 is 34.2 Å². The Bertz CT molecular complexity index is 612. The van der Waals surface area contributed by atoms with Crippen LogP contribution in [0.1, 0.15) is 16.1 Å². The van der Waals surface area contributed by atoms with E-state index in [-0.39, 0.29) is 5.56 Å². The van der Waals surface area contributed by atoms with Crippen molar-refractivity contribution in [2.45, 2.75) is 16.3 Å². The van der Waals surface area contributed by atoms with Crippen molar-refractivity contribution in [1.82, 2.24) is 15.2 Å². The first-order chi connectivity index (χ1) is 8.95. The third kappa shape index (κ3) is 3.42. The lowest BCUT2D eigenvalue weighted by molar-refractivity contribution is 0.0696. The molecule has 0 spiro atoms. The maximum Gasteiger partial charge on any atom is 0.335 e. The zero-order chi connectivity index (χ0) is 14.0. The van der Waals surface area contributed by atoms with Gasteiger partial charge in [-0.3, -0.25) is 0 Å². The highest BCUT2D eigenvalue weighted by atomic mass is 32.2. The van der Waals surface area contributed by atoms with Gasteiger partial charge in [0.05, 0.1) is 5.56 Å². The minimum atomic E-state index is -0.960. The molecule has 0 bridgehead atoms. The number of rotatable bonds is 4. The predicted octanol–water partition coefficient (Wildman–Crippen LogP) is 2.16. The van der Waals surface area contributed by atoms with Gasteiger partial charge in [0, 0.05) is 19.8 Å². The maximum absolute atomic E-state index is 11.0. The van der Waals surface area contributed by atoms with Gasteiger partial charge in [-0.25, -0.2) is 9.78 Å². The summed E-state index contributed by atoms with van der Waals surface area (Å²) in [6.45, 7) is 1.77. The van der Waals surface area contributed by atoms with Crippen molar-refractivity contribution in [3.63, 3.8) is 0 Å². The maximum atomic E-state index is 11.0. The number of carbonyl (C=O) groups is 1. The molecule has 8 heteroatoms. The summed E-state index contributed by atoms with van der Waals surface area (Å²) in [7, 11) is 3.78. The van der Waals surface area contributed by atoms with E-state index >= 15 is 0 Å². The van der Waals surface area contributed by atoms with Crippen LogP contribution in [0.15, 0.2) is 21.5 Å². The number of aryl methyl sites for hydroxylation is 1. The molecule has 0 aliphatic heterocycles. The van der Waals surface area contributed by atoms with Gasteiger partial charge in [-0.15, -0.1) is 10.2 Å². The first kappa shape index (κ1) is 13.8. The Morgan fingerprint density at radius 2 is 2.11 bits per heavy atom. The van der Waals surface area contributed by atoms with Crippen molar-refractivity contribution in [3.05, 3.63) is 23.4 Å². The number of anilines is 1. The molecule has 0 atom stereocenters. The van der Waals surface area contributed by atoms with Crippen molar-refractivity contribution in [2.24, 2.45) is 0 Å². The fourth-order valence-corrected chi connectivity index (χ4v) is 3.11. The molecule has 0 amide bonds. The Kier molecular flexibility index (Phi) is 4.01. The molecule has 0 aliphatic rings. The van der Waals surface area contributed by atoms with Gasteiger partial charge in [-0.1, -0.05) is 11.3 Å². The van der Waals surface area contributed by atoms with Crippen LogP contribution in [0.4, 0.5) is 5.13 Å². The van der Waals surface area contributed by atoms with Crippen LogP contribution in [0.2, 0.25) is 0 Å². The largest absolute Gasteiger partial charge is 0.478 e. The lowest BCUT2D eigenvalue weighted by atomic mass is 10.2. The van der Waals surface area contributed by atoms with Crippen LogP contribution < -0.4 is 4.90 Å². The Morgan fingerprint density at radius 1 is 1.37 bits per heavy atom. The van der Waals surface area contributed by atoms with Gasteiger partial charge in [-0.2, -0.15) is 0 Å². The number of hydrogen-bond acceptors (Lipinski definition) is 7. The van der Waals surface area contributed by atoms with E-state index in [2.05, 4.69) is 15.2 Å². The molecule has 2 rings (SSSR count). The number of hydrogen-bond donors (Lipinski definition) is 1. The molecule has 0 fully saturated rings. The van der Waals surface area contributed by atoms with Gasteiger partial charge in [-0.05, 0) is 30.8 Å². The molecule has 0 radical (unpaired) electrons. The molecular formula is C11H12N4O2S2. The molecule has 2 aromatic rings. The molecule has 19 heavy (non-hydrogen) atoms. The first-order valence-corrected chi connectivity index (χ1v) is 6.99. The van der Waals surface area contributed by atoms with Gasteiger partial charge < -0.3 is 10.0 Å². The Balaban J connectivity index is 2.24. The standard InChI is InChI=1S/C11H12N4O2S2/c1-6-4-7(9(16)17)5-8(12-6)18-11-14-13-10(19-11)15(2)3/h4-5H,1-3H3,(H,16,17). The fraction of sp³-hybridized carbons (Fsp3) is 0.273. The zero-order valence-corrected chi connectivity index (χ0v) is 12.2. The highest BCUT2D eigenvalue weighted by Crippen LogP contribution is 2.32. The number of nitrogens with zero attached hydrogens (tertiary/aromatic N) is 4. The highest BCUT2D eigenvalue weighted by molar-refractivity contribution is 8.01. The van der Waals surface area contributed by atoms with E-state index < -0.39 is 5.97 Å². The van der Waals surface area contributed by atoms with Gasteiger partial charge in [0.2, 0.25) is 5.13 Å². The minimum Gasteiger partial charge on any atom is -0.478 e. The Hall–Kier alpha value is -1.67. The summed E-state index contributed by atoms with van der Waals surface area (Å²) in [5, 5.41) is 18.5. The molecule has 0 saturated heterocycles. The highest BCUT2D eigenvalue weighted by Gasteiger charge is 2.11. The van der Waals surface area contributed by atoms with Crippen molar-refractivity contribution in [3.8, 4) is 0 Å². The summed E-state index contributed by atoms with van der Waals surface area (Å²) in [5.41, 5.74) is 0.895. The van der Waals surface area contributed by atoms with Gasteiger partial charge in [0.1, 0.15) is 5.03 Å². The monoisotopic (exact) mass is 296 g/mol.